The maximum atomic E-state index is 12.2. The summed E-state index contributed by atoms with van der Waals surface area (Å²) in [5, 5.41) is 4.37. The number of amides is 1. The van der Waals surface area contributed by atoms with Crippen LogP contribution in [0.3, 0.4) is 0 Å². The molecule has 0 saturated heterocycles. The van der Waals surface area contributed by atoms with E-state index in [1.54, 1.807) is 0 Å². The second-order valence-corrected chi connectivity index (χ2v) is 6.90. The van der Waals surface area contributed by atoms with E-state index in [0.29, 0.717) is 5.92 Å². The highest BCUT2D eigenvalue weighted by molar-refractivity contribution is 6.01. The van der Waals surface area contributed by atoms with Gasteiger partial charge in [0.25, 0.3) is 5.91 Å². The van der Waals surface area contributed by atoms with Crippen molar-refractivity contribution in [2.45, 2.75) is 52.4 Å². The van der Waals surface area contributed by atoms with Gasteiger partial charge in [-0.05, 0) is 36.0 Å². The molecule has 27 heavy (non-hydrogen) atoms. The Bertz CT molecular complexity index is 739. The number of carbonyl (C=O) groups excluding carboxylic acids is 1. The lowest BCUT2D eigenvalue weighted by Crippen LogP contribution is -2.26. The summed E-state index contributed by atoms with van der Waals surface area (Å²) in [5.74, 6) is 0.834. The number of hydrazone groups is 1. The van der Waals surface area contributed by atoms with Crippen molar-refractivity contribution in [3.63, 3.8) is 0 Å². The van der Waals surface area contributed by atoms with Gasteiger partial charge in [0.15, 0.2) is 6.61 Å². The standard InChI is InChI=1S/C23H30N2O2/c1-4-5-7-15-21(19-12-8-6-9-13-19)24-25-23(26)17-27-22-16-11-10-14-20(22)18(2)3/h6,8-14,16,18H,4-5,7,15,17H2,1-3H3,(H,25,26). The van der Waals surface area contributed by atoms with Crippen molar-refractivity contribution in [2.24, 2.45) is 5.10 Å². The van der Waals surface area contributed by atoms with E-state index in [4.69, 9.17) is 4.74 Å². The van der Waals surface area contributed by atoms with Crippen LogP contribution in [-0.2, 0) is 4.79 Å². The van der Waals surface area contributed by atoms with Gasteiger partial charge in [-0.1, -0.05) is 82.1 Å². The van der Waals surface area contributed by atoms with E-state index >= 15 is 0 Å². The van der Waals surface area contributed by atoms with Crippen LogP contribution in [0.5, 0.6) is 5.75 Å². The van der Waals surface area contributed by atoms with Gasteiger partial charge < -0.3 is 4.74 Å². The molecule has 0 aliphatic rings. The second-order valence-electron chi connectivity index (χ2n) is 6.90. The smallest absolute Gasteiger partial charge is 0.277 e. The average Bonchev–Trinajstić information content (AvgIpc) is 2.69. The summed E-state index contributed by atoms with van der Waals surface area (Å²) in [6.07, 6.45) is 4.19. The topological polar surface area (TPSA) is 50.7 Å². The molecule has 2 aromatic rings. The van der Waals surface area contributed by atoms with E-state index in [2.05, 4.69) is 31.3 Å². The molecule has 0 radical (unpaired) electrons. The van der Waals surface area contributed by atoms with Crippen LogP contribution in [0.15, 0.2) is 59.7 Å². The Balaban J connectivity index is 1.97. The number of nitrogens with one attached hydrogen (secondary N) is 1. The summed E-state index contributed by atoms with van der Waals surface area (Å²) in [4.78, 5) is 12.2. The Morgan fingerprint density at radius 3 is 2.44 bits per heavy atom. The van der Waals surface area contributed by atoms with Crippen LogP contribution >= 0.6 is 0 Å². The highest BCUT2D eigenvalue weighted by Crippen LogP contribution is 2.25. The summed E-state index contributed by atoms with van der Waals surface area (Å²) in [6.45, 7) is 6.34. The minimum absolute atomic E-state index is 0.0513. The number of rotatable bonds is 10. The minimum Gasteiger partial charge on any atom is -0.483 e. The molecule has 2 aromatic carbocycles. The summed E-state index contributed by atoms with van der Waals surface area (Å²) in [5.41, 5.74) is 5.69. The van der Waals surface area contributed by atoms with Gasteiger partial charge >= 0.3 is 0 Å². The molecule has 0 spiro atoms. The molecule has 0 fully saturated rings. The van der Waals surface area contributed by atoms with Crippen LogP contribution in [0.2, 0.25) is 0 Å². The largest absolute Gasteiger partial charge is 0.483 e. The van der Waals surface area contributed by atoms with Gasteiger partial charge in [0.05, 0.1) is 5.71 Å². The first-order valence-electron chi connectivity index (χ1n) is 9.74. The van der Waals surface area contributed by atoms with Gasteiger partial charge in [-0.25, -0.2) is 5.43 Å². The number of unbranched alkanes of at least 4 members (excludes halogenated alkanes) is 2. The fraction of sp³-hybridized carbons (Fsp3) is 0.391. The third-order valence-electron chi connectivity index (χ3n) is 4.34. The van der Waals surface area contributed by atoms with Gasteiger partial charge in [-0.3, -0.25) is 4.79 Å². The van der Waals surface area contributed by atoms with Gasteiger partial charge in [0.1, 0.15) is 5.75 Å². The summed E-state index contributed by atoms with van der Waals surface area (Å²) in [7, 11) is 0. The Morgan fingerprint density at radius 2 is 1.74 bits per heavy atom. The van der Waals surface area contributed by atoms with E-state index in [0.717, 1.165) is 48.3 Å². The van der Waals surface area contributed by atoms with Gasteiger partial charge in [-0.15, -0.1) is 0 Å². The second kappa shape index (κ2) is 11.2. The molecule has 144 valence electrons. The van der Waals surface area contributed by atoms with Crippen LogP contribution < -0.4 is 10.2 Å². The van der Waals surface area contributed by atoms with E-state index in [1.807, 2.05) is 54.6 Å². The van der Waals surface area contributed by atoms with Crippen LogP contribution in [0.4, 0.5) is 0 Å². The number of benzene rings is 2. The molecule has 0 heterocycles. The van der Waals surface area contributed by atoms with Crippen LogP contribution in [-0.4, -0.2) is 18.2 Å². The van der Waals surface area contributed by atoms with Crippen LogP contribution in [0, 0.1) is 0 Å². The maximum Gasteiger partial charge on any atom is 0.277 e. The average molecular weight is 367 g/mol. The predicted octanol–water partition coefficient (Wildman–Crippen LogP) is 5.29. The summed E-state index contributed by atoms with van der Waals surface area (Å²) >= 11 is 0. The van der Waals surface area contributed by atoms with Gasteiger partial charge in [-0.2, -0.15) is 5.10 Å². The molecule has 1 N–H and O–H groups in total. The van der Waals surface area contributed by atoms with Gasteiger partial charge in [0, 0.05) is 0 Å². The van der Waals surface area contributed by atoms with Crippen molar-refractivity contribution in [1.29, 1.82) is 0 Å². The molecule has 0 aromatic heterocycles. The van der Waals surface area contributed by atoms with Crippen molar-refractivity contribution in [3.8, 4) is 5.75 Å². The predicted molar refractivity (Wildman–Crippen MR) is 111 cm³/mol. The SMILES string of the molecule is CCCCCC(=NNC(=O)COc1ccccc1C(C)C)c1ccccc1. The van der Waals surface area contributed by atoms with Crippen molar-refractivity contribution < 1.29 is 9.53 Å². The van der Waals surface area contributed by atoms with E-state index in [9.17, 15) is 4.79 Å². The lowest BCUT2D eigenvalue weighted by molar-refractivity contribution is -0.123. The monoisotopic (exact) mass is 366 g/mol. The Morgan fingerprint density at radius 1 is 1.04 bits per heavy atom. The van der Waals surface area contributed by atoms with Crippen molar-refractivity contribution in [3.05, 3.63) is 65.7 Å². The highest BCUT2D eigenvalue weighted by atomic mass is 16.5. The van der Waals surface area contributed by atoms with Crippen molar-refractivity contribution in [1.82, 2.24) is 5.43 Å². The number of ether oxygens (including phenoxy) is 1. The van der Waals surface area contributed by atoms with E-state index in [-0.39, 0.29) is 12.5 Å². The number of carbonyl (C=O) groups is 1. The Labute approximate surface area is 162 Å². The highest BCUT2D eigenvalue weighted by Gasteiger charge is 2.10. The zero-order valence-corrected chi connectivity index (χ0v) is 16.6. The van der Waals surface area contributed by atoms with Gasteiger partial charge in [0.2, 0.25) is 0 Å². The number of nitrogens with zero attached hydrogens (tertiary/aromatic N) is 1. The molecule has 0 aliphatic heterocycles. The zero-order valence-electron chi connectivity index (χ0n) is 16.6. The molecule has 4 nitrogen and oxygen atoms in total. The normalized spacial score (nSPS) is 11.5. The maximum absolute atomic E-state index is 12.2. The number of hydrogen-bond donors (Lipinski definition) is 1. The summed E-state index contributed by atoms with van der Waals surface area (Å²) < 4.78 is 5.72. The fourth-order valence-electron chi connectivity index (χ4n) is 2.83. The van der Waals surface area contributed by atoms with E-state index < -0.39 is 0 Å². The van der Waals surface area contributed by atoms with Crippen molar-refractivity contribution >= 4 is 11.6 Å². The molecule has 0 saturated carbocycles. The minimum atomic E-state index is -0.252. The molecular weight excluding hydrogens is 336 g/mol. The molecule has 0 bridgehead atoms. The van der Waals surface area contributed by atoms with E-state index in [1.165, 1.54) is 0 Å². The first-order valence-corrected chi connectivity index (χ1v) is 9.74. The van der Waals surface area contributed by atoms with Crippen LogP contribution in [0.25, 0.3) is 0 Å². The zero-order chi connectivity index (χ0) is 19.5. The molecule has 0 unspecified atom stereocenters. The van der Waals surface area contributed by atoms with Crippen molar-refractivity contribution in [2.75, 3.05) is 6.61 Å². The Kier molecular flexibility index (Phi) is 8.56. The lowest BCUT2D eigenvalue weighted by Gasteiger charge is -2.13. The molecule has 0 atom stereocenters. The quantitative estimate of drug-likeness (QED) is 0.353. The lowest BCUT2D eigenvalue weighted by atomic mass is 10.0. The molecule has 4 heteroatoms. The first-order chi connectivity index (χ1) is 13.1. The third-order valence-corrected chi connectivity index (χ3v) is 4.34. The Hall–Kier alpha value is -2.62. The fourth-order valence-corrected chi connectivity index (χ4v) is 2.83. The third kappa shape index (κ3) is 6.89. The molecule has 0 aliphatic carbocycles. The summed E-state index contributed by atoms with van der Waals surface area (Å²) in [6, 6.07) is 17.8. The molecule has 1 amide bonds. The molecular formula is C23H30N2O2. The van der Waals surface area contributed by atoms with Crippen LogP contribution in [0.1, 0.15) is 63.5 Å². The number of hydrogen-bond acceptors (Lipinski definition) is 3. The first kappa shape index (κ1) is 20.7. The number of para-hydroxylation sites is 1. The molecule has 2 rings (SSSR count).